The molecule has 9 heteroatoms. The first-order chi connectivity index (χ1) is 14.8. The molecule has 0 aromatic carbocycles. The van der Waals surface area contributed by atoms with Crippen LogP contribution in [0.4, 0.5) is 10.7 Å². The van der Waals surface area contributed by atoms with Gasteiger partial charge in [0, 0.05) is 45.6 Å². The van der Waals surface area contributed by atoms with Gasteiger partial charge in [0.1, 0.15) is 6.10 Å². The Labute approximate surface area is 182 Å². The van der Waals surface area contributed by atoms with Gasteiger partial charge in [-0.05, 0) is 56.3 Å². The van der Waals surface area contributed by atoms with Gasteiger partial charge in [-0.15, -0.1) is 0 Å². The highest BCUT2D eigenvalue weighted by Gasteiger charge is 2.56. The lowest BCUT2D eigenvalue weighted by Gasteiger charge is -2.57. The maximum Gasteiger partial charge on any atom is 0.410 e. The molecular weight excluding hydrogens is 398 g/mol. The van der Waals surface area contributed by atoms with Crippen LogP contribution in [0.15, 0.2) is 12.4 Å². The molecule has 1 aliphatic heterocycles. The van der Waals surface area contributed by atoms with Crippen LogP contribution in [0.2, 0.25) is 0 Å². The maximum absolute atomic E-state index is 12.8. The topological polar surface area (TPSA) is 108 Å². The number of carbonyl (C=O) groups is 2. The largest absolute Gasteiger partial charge is 0.446 e. The Morgan fingerprint density at radius 1 is 1.19 bits per heavy atom. The molecule has 1 saturated heterocycles. The molecule has 2 amide bonds. The van der Waals surface area contributed by atoms with Crippen molar-refractivity contribution in [3.05, 3.63) is 18.0 Å². The fourth-order valence-corrected chi connectivity index (χ4v) is 6.32. The zero-order valence-corrected chi connectivity index (χ0v) is 18.2. The molecule has 5 fully saturated rings. The fraction of sp³-hybridized carbons (Fsp3) is 0.727. The third-order valence-corrected chi connectivity index (χ3v) is 7.48. The molecule has 2 heterocycles. The SMILES string of the molecule is CN(C)C(=O)c1cnc(N[C@@H]2CCN(C(=O)OC3C4CC5CC3CC(O)(C5)C4)C2)nc1. The number of hydrogen-bond donors (Lipinski definition) is 2. The van der Waals surface area contributed by atoms with Crippen molar-refractivity contribution in [1.82, 2.24) is 19.8 Å². The first kappa shape index (κ1) is 20.5. The zero-order chi connectivity index (χ0) is 21.8. The van der Waals surface area contributed by atoms with Gasteiger partial charge in [0.2, 0.25) is 5.95 Å². The number of ether oxygens (including phenoxy) is 1. The van der Waals surface area contributed by atoms with Gasteiger partial charge in [-0.25, -0.2) is 14.8 Å². The first-order valence-corrected chi connectivity index (χ1v) is 11.3. The standard InChI is InChI=1S/C22H31N5O4/c1-26(2)19(28)16-10-23-20(24-11-16)25-17-3-4-27(12-17)21(29)31-18-14-5-13-6-15(18)9-22(30,7-13)8-14/h10-11,13-15,17-18,30H,3-9,12H2,1-2H3,(H,23,24,25)/t13?,14?,15?,17-,18?,22?/m1/s1. The number of anilines is 1. The molecule has 168 valence electrons. The van der Waals surface area contributed by atoms with Crippen LogP contribution in [0.1, 0.15) is 48.9 Å². The summed E-state index contributed by atoms with van der Waals surface area (Å²) in [5.41, 5.74) is -0.0816. The highest BCUT2D eigenvalue weighted by atomic mass is 16.6. The van der Waals surface area contributed by atoms with Crippen molar-refractivity contribution in [2.45, 2.75) is 56.3 Å². The van der Waals surface area contributed by atoms with Crippen molar-refractivity contribution in [2.24, 2.45) is 17.8 Å². The molecule has 6 rings (SSSR count). The van der Waals surface area contributed by atoms with Crippen molar-refractivity contribution in [3.63, 3.8) is 0 Å². The quantitative estimate of drug-likeness (QED) is 0.751. The number of hydrogen-bond acceptors (Lipinski definition) is 7. The predicted octanol–water partition coefficient (Wildman–Crippen LogP) is 1.74. The molecule has 0 radical (unpaired) electrons. The van der Waals surface area contributed by atoms with Crippen LogP contribution in [0, 0.1) is 17.8 Å². The molecule has 31 heavy (non-hydrogen) atoms. The Hall–Kier alpha value is -2.42. The number of aliphatic hydroxyl groups is 1. The van der Waals surface area contributed by atoms with Gasteiger partial charge >= 0.3 is 6.09 Å². The summed E-state index contributed by atoms with van der Waals surface area (Å²) < 4.78 is 5.99. The van der Waals surface area contributed by atoms with Gasteiger partial charge in [-0.1, -0.05) is 0 Å². The molecule has 9 nitrogen and oxygen atoms in total. The van der Waals surface area contributed by atoms with Crippen LogP contribution in [0.5, 0.6) is 0 Å². The molecule has 2 unspecified atom stereocenters. The minimum absolute atomic E-state index is 0.0437. The lowest BCUT2D eigenvalue weighted by molar-refractivity contribution is -0.177. The van der Waals surface area contributed by atoms with Gasteiger partial charge in [0.05, 0.1) is 11.2 Å². The van der Waals surface area contributed by atoms with E-state index in [2.05, 4.69) is 15.3 Å². The average molecular weight is 430 g/mol. The normalized spacial score (nSPS) is 35.8. The van der Waals surface area contributed by atoms with E-state index in [0.29, 0.717) is 42.4 Å². The molecule has 2 N–H and O–H groups in total. The maximum atomic E-state index is 12.8. The van der Waals surface area contributed by atoms with Crippen LogP contribution in [0.3, 0.4) is 0 Å². The van der Waals surface area contributed by atoms with Crippen molar-refractivity contribution in [2.75, 3.05) is 32.5 Å². The minimum atomic E-state index is -0.519. The van der Waals surface area contributed by atoms with E-state index in [-0.39, 0.29) is 24.1 Å². The van der Waals surface area contributed by atoms with E-state index in [1.54, 1.807) is 19.0 Å². The van der Waals surface area contributed by atoms with Crippen LogP contribution in [0.25, 0.3) is 0 Å². The Morgan fingerprint density at radius 3 is 2.48 bits per heavy atom. The minimum Gasteiger partial charge on any atom is -0.446 e. The van der Waals surface area contributed by atoms with Crippen LogP contribution in [-0.2, 0) is 4.74 Å². The van der Waals surface area contributed by atoms with Gasteiger partial charge in [-0.2, -0.15) is 0 Å². The van der Waals surface area contributed by atoms with Crippen LogP contribution < -0.4 is 5.32 Å². The summed E-state index contributed by atoms with van der Waals surface area (Å²) in [7, 11) is 3.37. The summed E-state index contributed by atoms with van der Waals surface area (Å²) in [6.45, 7) is 1.16. The second kappa shape index (κ2) is 7.62. The van der Waals surface area contributed by atoms with E-state index < -0.39 is 5.60 Å². The number of rotatable bonds is 4. The molecule has 1 aromatic heterocycles. The number of amides is 2. The van der Waals surface area contributed by atoms with Crippen molar-refractivity contribution >= 4 is 17.9 Å². The molecular formula is C22H31N5O4. The number of nitrogens with zero attached hydrogens (tertiary/aromatic N) is 4. The fourth-order valence-electron chi connectivity index (χ4n) is 6.32. The molecule has 4 aliphatic carbocycles. The van der Waals surface area contributed by atoms with Crippen molar-refractivity contribution in [1.29, 1.82) is 0 Å². The summed E-state index contributed by atoms with van der Waals surface area (Å²) in [4.78, 5) is 36.5. The Morgan fingerprint density at radius 2 is 1.87 bits per heavy atom. The molecule has 0 spiro atoms. The van der Waals surface area contributed by atoms with Gasteiger partial charge in [0.25, 0.3) is 5.91 Å². The van der Waals surface area contributed by atoms with E-state index in [0.717, 1.165) is 38.5 Å². The number of carbonyl (C=O) groups excluding carboxylic acids is 2. The summed E-state index contributed by atoms with van der Waals surface area (Å²) in [5, 5.41) is 14.0. The highest BCUT2D eigenvalue weighted by molar-refractivity contribution is 5.93. The third-order valence-electron chi connectivity index (χ3n) is 7.48. The third kappa shape index (κ3) is 3.95. The summed E-state index contributed by atoms with van der Waals surface area (Å²) in [6, 6.07) is 0.0437. The van der Waals surface area contributed by atoms with E-state index in [1.165, 1.54) is 17.3 Å². The monoisotopic (exact) mass is 429 g/mol. The van der Waals surface area contributed by atoms with Gasteiger partial charge in [-0.3, -0.25) is 4.79 Å². The molecule has 4 saturated carbocycles. The van der Waals surface area contributed by atoms with E-state index in [4.69, 9.17) is 4.74 Å². The Kier molecular flexibility index (Phi) is 5.03. The number of nitrogens with one attached hydrogen (secondary N) is 1. The first-order valence-electron chi connectivity index (χ1n) is 11.3. The molecule has 3 atom stereocenters. The van der Waals surface area contributed by atoms with Gasteiger partial charge in [0.15, 0.2) is 0 Å². The van der Waals surface area contributed by atoms with E-state index in [1.807, 2.05) is 0 Å². The molecule has 4 bridgehead atoms. The van der Waals surface area contributed by atoms with Crippen molar-refractivity contribution < 1.29 is 19.4 Å². The lowest BCUT2D eigenvalue weighted by atomic mass is 9.53. The second-order valence-electron chi connectivity index (χ2n) is 10.1. The highest BCUT2D eigenvalue weighted by Crippen LogP contribution is 2.56. The number of aromatic nitrogens is 2. The van der Waals surface area contributed by atoms with Crippen LogP contribution >= 0.6 is 0 Å². The van der Waals surface area contributed by atoms with Crippen molar-refractivity contribution in [3.8, 4) is 0 Å². The summed E-state index contributed by atoms with van der Waals surface area (Å²) in [6.07, 6.45) is 8.12. The Bertz CT molecular complexity index is 844. The van der Waals surface area contributed by atoms with E-state index >= 15 is 0 Å². The number of likely N-dealkylation sites (tertiary alicyclic amines) is 1. The Balaban J connectivity index is 1.14. The lowest BCUT2D eigenvalue weighted by Crippen LogP contribution is -2.58. The zero-order valence-electron chi connectivity index (χ0n) is 18.2. The molecule has 5 aliphatic rings. The average Bonchev–Trinajstić information content (AvgIpc) is 3.18. The smallest absolute Gasteiger partial charge is 0.410 e. The second-order valence-corrected chi connectivity index (χ2v) is 10.1. The van der Waals surface area contributed by atoms with Gasteiger partial charge < -0.3 is 25.0 Å². The summed E-state index contributed by atoms with van der Waals surface area (Å²) >= 11 is 0. The van der Waals surface area contributed by atoms with E-state index in [9.17, 15) is 14.7 Å². The predicted molar refractivity (Wildman–Crippen MR) is 112 cm³/mol. The summed E-state index contributed by atoms with van der Waals surface area (Å²) in [5.74, 6) is 1.50. The molecule has 1 aromatic rings. The van der Waals surface area contributed by atoms with Crippen LogP contribution in [-0.4, -0.2) is 81.8 Å².